The van der Waals surface area contributed by atoms with Gasteiger partial charge in [-0.3, -0.25) is 9.62 Å². The highest BCUT2D eigenvalue weighted by atomic mass is 35.5. The summed E-state index contributed by atoms with van der Waals surface area (Å²) in [6.07, 6.45) is 2.87. The van der Waals surface area contributed by atoms with E-state index in [-0.39, 0.29) is 21.4 Å². The number of hydrogen-bond donors (Lipinski definition) is 2. The van der Waals surface area contributed by atoms with Gasteiger partial charge in [-0.25, -0.2) is 22.2 Å². The summed E-state index contributed by atoms with van der Waals surface area (Å²) in [6, 6.07) is 2.59. The monoisotopic (exact) mass is 448 g/mol. The summed E-state index contributed by atoms with van der Waals surface area (Å²) in [6.45, 7) is 1.70. The summed E-state index contributed by atoms with van der Waals surface area (Å²) in [5, 5.41) is 4.53. The van der Waals surface area contributed by atoms with Crippen molar-refractivity contribution in [3.63, 3.8) is 0 Å². The van der Waals surface area contributed by atoms with Crippen LogP contribution in [0.5, 0.6) is 0 Å². The molecule has 2 aliphatic rings. The molecule has 11 heteroatoms. The molecule has 1 aromatic heterocycles. The summed E-state index contributed by atoms with van der Waals surface area (Å²) in [7, 11) is -4.15. The number of thiazole rings is 1. The third-order valence-electron chi connectivity index (χ3n) is 5.36. The Kier molecular flexibility index (Phi) is 5.24. The Morgan fingerprint density at radius 1 is 1.43 bits per heavy atom. The molecule has 2 fully saturated rings. The van der Waals surface area contributed by atoms with Crippen LogP contribution in [0.4, 0.5) is 19.6 Å². The molecule has 1 aromatic carbocycles. The molecular formula is C17H19ClF2N4O2S2. The van der Waals surface area contributed by atoms with E-state index >= 15 is 0 Å². The van der Waals surface area contributed by atoms with E-state index in [0.29, 0.717) is 19.5 Å². The smallest absolute Gasteiger partial charge is 0.266 e. The number of alkyl halides is 1. The van der Waals surface area contributed by atoms with Crippen LogP contribution < -0.4 is 10.0 Å². The Balaban J connectivity index is 1.53. The van der Waals surface area contributed by atoms with Crippen molar-refractivity contribution in [1.82, 2.24) is 9.88 Å². The first-order chi connectivity index (χ1) is 13.3. The zero-order valence-electron chi connectivity index (χ0n) is 14.8. The predicted octanol–water partition coefficient (Wildman–Crippen LogP) is 3.72. The number of anilines is 2. The number of hydrogen-bond acceptors (Lipinski definition) is 6. The topological polar surface area (TPSA) is 74.3 Å². The lowest BCUT2D eigenvalue weighted by molar-refractivity contribution is 0.209. The number of sulfonamides is 1. The van der Waals surface area contributed by atoms with E-state index in [9.17, 15) is 17.2 Å². The van der Waals surface area contributed by atoms with Gasteiger partial charge in [-0.2, -0.15) is 0 Å². The molecule has 2 saturated heterocycles. The maximum atomic E-state index is 14.7. The van der Waals surface area contributed by atoms with Crippen LogP contribution in [0.25, 0.3) is 0 Å². The van der Waals surface area contributed by atoms with Crippen LogP contribution in [0.2, 0.25) is 5.02 Å². The Morgan fingerprint density at radius 3 is 3.00 bits per heavy atom. The van der Waals surface area contributed by atoms with E-state index in [1.807, 2.05) is 0 Å². The number of fused-ring (bicyclic) bond motifs is 1. The van der Waals surface area contributed by atoms with Gasteiger partial charge in [-0.15, -0.1) is 11.3 Å². The molecule has 2 N–H and O–H groups in total. The van der Waals surface area contributed by atoms with E-state index in [4.69, 9.17) is 11.6 Å². The number of halogens is 3. The average molecular weight is 449 g/mol. The minimum atomic E-state index is -4.15. The predicted molar refractivity (Wildman–Crippen MR) is 106 cm³/mol. The summed E-state index contributed by atoms with van der Waals surface area (Å²) >= 11 is 7.19. The summed E-state index contributed by atoms with van der Waals surface area (Å²) in [5.74, 6) is -1.04. The summed E-state index contributed by atoms with van der Waals surface area (Å²) < 4.78 is 55.7. The zero-order valence-corrected chi connectivity index (χ0v) is 17.2. The Hall–Kier alpha value is -1.49. The highest BCUT2D eigenvalue weighted by molar-refractivity contribution is 7.93. The third kappa shape index (κ3) is 3.58. The van der Waals surface area contributed by atoms with E-state index in [0.717, 1.165) is 36.8 Å². The molecule has 2 aromatic rings. The van der Waals surface area contributed by atoms with Gasteiger partial charge >= 0.3 is 0 Å². The fourth-order valence-electron chi connectivity index (χ4n) is 4.08. The second kappa shape index (κ2) is 7.40. The number of nitrogens with one attached hydrogen (secondary N) is 2. The van der Waals surface area contributed by atoms with Crippen molar-refractivity contribution in [2.75, 3.05) is 29.7 Å². The number of aromatic nitrogens is 1. The maximum absolute atomic E-state index is 14.7. The first-order valence-corrected chi connectivity index (χ1v) is 11.6. The molecule has 0 aliphatic carbocycles. The van der Waals surface area contributed by atoms with Crippen LogP contribution in [0.15, 0.2) is 28.6 Å². The Labute approximate surface area is 171 Å². The molecule has 6 nitrogen and oxygen atoms in total. The third-order valence-corrected chi connectivity index (χ3v) is 7.90. The second-order valence-electron chi connectivity index (χ2n) is 7.11. The van der Waals surface area contributed by atoms with Gasteiger partial charge in [0.05, 0.1) is 5.69 Å². The normalized spacial score (nSPS) is 25.0. The van der Waals surface area contributed by atoms with Crippen LogP contribution in [0, 0.1) is 5.82 Å². The first kappa shape index (κ1) is 19.8. The van der Waals surface area contributed by atoms with Crippen molar-refractivity contribution in [1.29, 1.82) is 0 Å². The van der Waals surface area contributed by atoms with Crippen molar-refractivity contribution in [3.8, 4) is 0 Å². The van der Waals surface area contributed by atoms with Crippen LogP contribution in [0.3, 0.4) is 0 Å². The van der Waals surface area contributed by atoms with Crippen molar-refractivity contribution in [2.24, 2.45) is 0 Å². The van der Waals surface area contributed by atoms with Gasteiger partial charge in [-0.05, 0) is 37.9 Å². The Bertz CT molecular complexity index is 974. The molecule has 28 heavy (non-hydrogen) atoms. The molecule has 0 spiro atoms. The van der Waals surface area contributed by atoms with Gasteiger partial charge in [0.15, 0.2) is 10.9 Å². The number of nitrogens with zero attached hydrogens (tertiary/aromatic N) is 2. The fraction of sp³-hybridized carbons (Fsp3) is 0.471. The highest BCUT2D eigenvalue weighted by Crippen LogP contribution is 2.41. The van der Waals surface area contributed by atoms with Gasteiger partial charge in [0.1, 0.15) is 16.1 Å². The molecule has 3 heterocycles. The Morgan fingerprint density at radius 2 is 2.25 bits per heavy atom. The van der Waals surface area contributed by atoms with E-state index in [1.54, 1.807) is 5.38 Å². The van der Waals surface area contributed by atoms with Crippen LogP contribution in [0.1, 0.15) is 19.3 Å². The molecule has 0 bridgehead atoms. The van der Waals surface area contributed by atoms with Gasteiger partial charge in [0, 0.05) is 30.2 Å². The van der Waals surface area contributed by atoms with Crippen molar-refractivity contribution in [3.05, 3.63) is 34.5 Å². The largest absolute Gasteiger partial charge is 0.382 e. The van der Waals surface area contributed by atoms with Crippen LogP contribution in [-0.4, -0.2) is 49.6 Å². The molecule has 0 radical (unpaired) electrons. The first-order valence-electron chi connectivity index (χ1n) is 8.84. The van der Waals surface area contributed by atoms with E-state index < -0.39 is 26.9 Å². The summed E-state index contributed by atoms with van der Waals surface area (Å²) in [5.41, 5.74) is -0.00740. The van der Waals surface area contributed by atoms with Crippen LogP contribution >= 0.6 is 22.9 Å². The van der Waals surface area contributed by atoms with E-state index in [1.165, 1.54) is 12.3 Å². The minimum absolute atomic E-state index is 0.139. The SMILES string of the molecule is O=S(=O)(Nc1nccs1)c1ccc(NCC23CCCN2CC(F)C3)c(Cl)c1F. The molecule has 0 amide bonds. The van der Waals surface area contributed by atoms with Gasteiger partial charge in [0.25, 0.3) is 10.0 Å². The molecule has 2 unspecified atom stereocenters. The molecular weight excluding hydrogens is 430 g/mol. The van der Waals surface area contributed by atoms with Crippen molar-refractivity contribution >= 4 is 43.8 Å². The number of benzene rings is 1. The lowest BCUT2D eigenvalue weighted by atomic mass is 9.93. The fourth-order valence-corrected chi connectivity index (χ4v) is 6.24. The average Bonchev–Trinajstić information content (AvgIpc) is 3.32. The molecule has 4 rings (SSSR count). The summed E-state index contributed by atoms with van der Waals surface area (Å²) in [4.78, 5) is 5.41. The quantitative estimate of drug-likeness (QED) is 0.704. The van der Waals surface area contributed by atoms with Crippen molar-refractivity contribution in [2.45, 2.75) is 35.9 Å². The standard InChI is InChI=1S/C17H19ClF2N4O2S2/c18-14-12(22-10-17-4-1-6-24(17)9-11(19)8-17)2-3-13(15(14)20)28(25,26)23-16-21-5-7-27-16/h2-3,5,7,11,22H,1,4,6,8-10H2,(H,21,23). The number of rotatable bonds is 6. The minimum Gasteiger partial charge on any atom is -0.382 e. The van der Waals surface area contributed by atoms with Crippen LogP contribution in [-0.2, 0) is 10.0 Å². The molecule has 152 valence electrons. The van der Waals surface area contributed by atoms with Gasteiger partial charge in [0.2, 0.25) is 0 Å². The lowest BCUT2D eigenvalue weighted by Crippen LogP contribution is -2.44. The van der Waals surface area contributed by atoms with Crippen molar-refractivity contribution < 1.29 is 17.2 Å². The highest BCUT2D eigenvalue weighted by Gasteiger charge is 2.48. The molecule has 0 saturated carbocycles. The maximum Gasteiger partial charge on any atom is 0.266 e. The van der Waals surface area contributed by atoms with Gasteiger partial charge < -0.3 is 5.32 Å². The van der Waals surface area contributed by atoms with E-state index in [2.05, 4.69) is 19.9 Å². The molecule has 2 atom stereocenters. The second-order valence-corrected chi connectivity index (χ2v) is 10.0. The molecule has 2 aliphatic heterocycles. The van der Waals surface area contributed by atoms with Gasteiger partial charge in [-0.1, -0.05) is 11.6 Å². The lowest BCUT2D eigenvalue weighted by Gasteiger charge is -2.32. The zero-order chi connectivity index (χ0) is 19.9.